The quantitative estimate of drug-likeness (QED) is 0.415. The first kappa shape index (κ1) is 20.8. The maximum atomic E-state index is 12.9. The molecule has 4 aromatic rings. The number of amides is 2. The van der Waals surface area contributed by atoms with Crippen LogP contribution in [0.3, 0.4) is 0 Å². The molecule has 0 saturated carbocycles. The molecule has 1 atom stereocenters. The van der Waals surface area contributed by atoms with Crippen LogP contribution in [0.2, 0.25) is 0 Å². The van der Waals surface area contributed by atoms with Crippen LogP contribution in [0.15, 0.2) is 67.1 Å². The van der Waals surface area contributed by atoms with Crippen molar-refractivity contribution in [3.63, 3.8) is 0 Å². The van der Waals surface area contributed by atoms with Gasteiger partial charge in [0.05, 0.1) is 23.4 Å². The molecule has 0 radical (unpaired) electrons. The third kappa shape index (κ3) is 4.50. The molecule has 158 valence electrons. The zero-order valence-electron chi connectivity index (χ0n) is 17.4. The molecule has 2 aromatic heterocycles. The number of terminal acetylenes is 1. The number of pyridine rings is 1. The molecule has 1 unspecified atom stereocenters. The summed E-state index contributed by atoms with van der Waals surface area (Å²) in [5.41, 5.74) is 2.86. The van der Waals surface area contributed by atoms with Gasteiger partial charge < -0.3 is 10.6 Å². The molecule has 4 rings (SSSR count). The summed E-state index contributed by atoms with van der Waals surface area (Å²) in [5.74, 6) is 1.88. The lowest BCUT2D eigenvalue weighted by Crippen LogP contribution is -2.38. The van der Waals surface area contributed by atoms with Crippen molar-refractivity contribution in [2.75, 3.05) is 6.54 Å². The monoisotopic (exact) mass is 423 g/mol. The lowest BCUT2D eigenvalue weighted by molar-refractivity contribution is 0.0908. The first-order valence-corrected chi connectivity index (χ1v) is 10.0. The van der Waals surface area contributed by atoms with Crippen LogP contribution >= 0.6 is 0 Å². The summed E-state index contributed by atoms with van der Waals surface area (Å²) in [5, 5.41) is 14.7. The number of carbonyl (C=O) groups excluding carboxylic acids is 2. The molecule has 7 nitrogen and oxygen atoms in total. The van der Waals surface area contributed by atoms with Crippen molar-refractivity contribution in [3.05, 3.63) is 95.1 Å². The Balaban J connectivity index is 1.60. The topological polar surface area (TPSA) is 99.8 Å². The second-order valence-electron chi connectivity index (χ2n) is 7.36. The van der Waals surface area contributed by atoms with Crippen molar-refractivity contribution in [1.29, 1.82) is 0 Å². The van der Waals surface area contributed by atoms with Crippen molar-refractivity contribution >= 4 is 22.6 Å². The highest BCUT2D eigenvalue weighted by molar-refractivity contribution is 5.96. The average Bonchev–Trinajstić information content (AvgIpc) is 3.27. The fourth-order valence-corrected chi connectivity index (χ4v) is 3.43. The summed E-state index contributed by atoms with van der Waals surface area (Å²) in [6, 6.07) is 15.0. The Bertz CT molecular complexity index is 1340. The van der Waals surface area contributed by atoms with E-state index in [1.807, 2.05) is 42.5 Å². The van der Waals surface area contributed by atoms with Gasteiger partial charge in [0.1, 0.15) is 0 Å². The third-order valence-corrected chi connectivity index (χ3v) is 5.19. The number of aromatic nitrogens is 3. The van der Waals surface area contributed by atoms with E-state index in [1.54, 1.807) is 13.0 Å². The Labute approximate surface area is 185 Å². The Morgan fingerprint density at radius 3 is 2.62 bits per heavy atom. The summed E-state index contributed by atoms with van der Waals surface area (Å²) >= 11 is 0. The second-order valence-corrected chi connectivity index (χ2v) is 7.36. The van der Waals surface area contributed by atoms with Gasteiger partial charge in [-0.05, 0) is 35.4 Å². The van der Waals surface area contributed by atoms with E-state index in [4.69, 9.17) is 6.42 Å². The van der Waals surface area contributed by atoms with Crippen LogP contribution in [0.25, 0.3) is 10.8 Å². The summed E-state index contributed by atoms with van der Waals surface area (Å²) in [6.45, 7) is 1.96. The van der Waals surface area contributed by atoms with Crippen LogP contribution in [-0.4, -0.2) is 33.5 Å². The van der Waals surface area contributed by atoms with Gasteiger partial charge in [-0.1, -0.05) is 42.3 Å². The number of hydrogen-bond donors (Lipinski definition) is 3. The molecule has 2 heterocycles. The molecule has 0 fully saturated rings. The Morgan fingerprint density at radius 1 is 1.06 bits per heavy atom. The van der Waals surface area contributed by atoms with E-state index < -0.39 is 6.04 Å². The molecule has 7 heteroatoms. The molecule has 32 heavy (non-hydrogen) atoms. The molecular weight excluding hydrogens is 402 g/mol. The van der Waals surface area contributed by atoms with E-state index in [0.717, 1.165) is 16.3 Å². The maximum absolute atomic E-state index is 12.9. The van der Waals surface area contributed by atoms with Gasteiger partial charge in [0.25, 0.3) is 11.8 Å². The number of H-pyrrole nitrogens is 1. The molecule has 0 aliphatic carbocycles. The predicted molar refractivity (Wildman–Crippen MR) is 122 cm³/mol. The highest BCUT2D eigenvalue weighted by Crippen LogP contribution is 2.21. The zero-order valence-corrected chi connectivity index (χ0v) is 17.4. The minimum Gasteiger partial charge on any atom is -0.350 e. The summed E-state index contributed by atoms with van der Waals surface area (Å²) in [4.78, 5) is 29.6. The number of rotatable bonds is 6. The number of hydrogen-bond acceptors (Lipinski definition) is 4. The number of benzene rings is 2. The molecule has 0 spiro atoms. The Morgan fingerprint density at radius 2 is 1.88 bits per heavy atom. The van der Waals surface area contributed by atoms with Crippen LogP contribution in [-0.2, 0) is 0 Å². The number of carbonyl (C=O) groups is 2. The van der Waals surface area contributed by atoms with E-state index in [-0.39, 0.29) is 18.4 Å². The van der Waals surface area contributed by atoms with E-state index in [1.165, 1.54) is 18.6 Å². The van der Waals surface area contributed by atoms with Crippen molar-refractivity contribution in [3.8, 4) is 12.3 Å². The molecule has 0 saturated heterocycles. The predicted octanol–water partition coefficient (Wildman–Crippen LogP) is 3.15. The van der Waals surface area contributed by atoms with Gasteiger partial charge in [0.2, 0.25) is 0 Å². The van der Waals surface area contributed by atoms with Crippen LogP contribution < -0.4 is 10.6 Å². The first-order valence-electron chi connectivity index (χ1n) is 10.0. The van der Waals surface area contributed by atoms with Crippen LogP contribution in [0.4, 0.5) is 0 Å². The fraction of sp³-hybridized carbons (Fsp3) is 0.120. The minimum atomic E-state index is -0.474. The van der Waals surface area contributed by atoms with Crippen molar-refractivity contribution in [2.45, 2.75) is 13.0 Å². The van der Waals surface area contributed by atoms with E-state index in [2.05, 4.69) is 31.7 Å². The molecule has 0 aliphatic rings. The first-order chi connectivity index (χ1) is 15.5. The number of nitrogens with zero attached hydrogens (tertiary/aromatic N) is 2. The van der Waals surface area contributed by atoms with Crippen molar-refractivity contribution < 1.29 is 9.59 Å². The van der Waals surface area contributed by atoms with Crippen LogP contribution in [0.1, 0.15) is 43.6 Å². The van der Waals surface area contributed by atoms with Gasteiger partial charge in [-0.15, -0.1) is 6.42 Å². The lowest BCUT2D eigenvalue weighted by atomic mass is 10.0. The summed E-state index contributed by atoms with van der Waals surface area (Å²) in [7, 11) is 0. The van der Waals surface area contributed by atoms with E-state index in [0.29, 0.717) is 22.4 Å². The second kappa shape index (κ2) is 9.14. The molecule has 0 bridgehead atoms. The minimum absolute atomic E-state index is 0.190. The van der Waals surface area contributed by atoms with Crippen LogP contribution in [0, 0.1) is 19.3 Å². The third-order valence-electron chi connectivity index (χ3n) is 5.19. The molecule has 2 amide bonds. The molecular formula is C25H21N5O2. The number of aromatic amines is 1. The summed E-state index contributed by atoms with van der Waals surface area (Å²) < 4.78 is 0. The molecule has 3 N–H and O–H groups in total. The van der Waals surface area contributed by atoms with E-state index in [9.17, 15) is 9.59 Å². The zero-order chi connectivity index (χ0) is 22.5. The number of nitrogens with one attached hydrogen (secondary N) is 3. The lowest BCUT2D eigenvalue weighted by Gasteiger charge is -2.20. The number of fused-ring (bicyclic) bond motifs is 1. The van der Waals surface area contributed by atoms with Gasteiger partial charge in [-0.25, -0.2) is 0 Å². The highest BCUT2D eigenvalue weighted by atomic mass is 16.2. The highest BCUT2D eigenvalue weighted by Gasteiger charge is 2.19. The van der Waals surface area contributed by atoms with Crippen molar-refractivity contribution in [1.82, 2.24) is 25.8 Å². The average molecular weight is 423 g/mol. The van der Waals surface area contributed by atoms with Crippen molar-refractivity contribution in [2.24, 2.45) is 0 Å². The Kier molecular flexibility index (Phi) is 5.95. The fourth-order valence-electron chi connectivity index (χ4n) is 3.43. The van der Waals surface area contributed by atoms with Gasteiger partial charge in [0.15, 0.2) is 0 Å². The normalized spacial score (nSPS) is 11.5. The van der Waals surface area contributed by atoms with E-state index >= 15 is 0 Å². The SMILES string of the molecule is C#Cc1cncc(C(=O)NC(CNC(=O)c2cn[nH]c2C)c2ccc3ccccc3c2)c1. The maximum Gasteiger partial charge on any atom is 0.254 e. The van der Waals surface area contributed by atoms with Crippen LogP contribution in [0.5, 0.6) is 0 Å². The number of aryl methyl sites for hydroxylation is 1. The Hall–Kier alpha value is -4.44. The van der Waals surface area contributed by atoms with Gasteiger partial charge in [-0.3, -0.25) is 19.7 Å². The van der Waals surface area contributed by atoms with Gasteiger partial charge in [-0.2, -0.15) is 5.10 Å². The summed E-state index contributed by atoms with van der Waals surface area (Å²) in [6.07, 6.45) is 9.88. The molecule has 2 aromatic carbocycles. The largest absolute Gasteiger partial charge is 0.350 e. The smallest absolute Gasteiger partial charge is 0.254 e. The van der Waals surface area contributed by atoms with Gasteiger partial charge in [0, 0.05) is 30.2 Å². The standard InChI is InChI=1S/C25H21N5O2/c1-3-17-10-21(13-26-12-17)24(31)29-23(15-27-25(32)22-14-28-30-16(22)2)20-9-8-18-6-4-5-7-19(18)11-20/h1,4-14,23H,15H2,2H3,(H,27,32)(H,28,30)(H,29,31). The molecule has 0 aliphatic heterocycles. The van der Waals surface area contributed by atoms with Gasteiger partial charge >= 0.3 is 0 Å².